The Kier molecular flexibility index (Phi) is 6.29. The normalized spacial score (nSPS) is 15.1. The number of rotatable bonds is 7. The van der Waals surface area contributed by atoms with Crippen LogP contribution < -0.4 is 19.5 Å². The van der Waals surface area contributed by atoms with Gasteiger partial charge in [-0.05, 0) is 49.2 Å². The summed E-state index contributed by atoms with van der Waals surface area (Å²) in [4.78, 5) is 25.8. The number of anilines is 1. The molecule has 172 valence electrons. The Labute approximate surface area is 195 Å². The van der Waals surface area contributed by atoms with Gasteiger partial charge in [0.1, 0.15) is 10.6 Å². The number of benzene rings is 2. The van der Waals surface area contributed by atoms with Crippen LogP contribution in [-0.2, 0) is 4.79 Å². The predicted molar refractivity (Wildman–Crippen MR) is 127 cm³/mol. The summed E-state index contributed by atoms with van der Waals surface area (Å²) in [6, 6.07) is 12.7. The molecule has 0 bridgehead atoms. The molecule has 1 amide bonds. The molecule has 0 spiro atoms. The molecule has 3 aromatic rings. The number of aromatic carboxylic acids is 1. The highest BCUT2D eigenvalue weighted by atomic mass is 32.1. The van der Waals surface area contributed by atoms with Gasteiger partial charge in [-0.2, -0.15) is 0 Å². The first-order valence-corrected chi connectivity index (χ1v) is 11.3. The number of carbonyl (C=O) groups is 2. The molecular formula is C25H25NO6S. The number of nitrogens with one attached hydrogen (secondary N) is 1. The van der Waals surface area contributed by atoms with Crippen molar-refractivity contribution in [2.24, 2.45) is 0 Å². The molecule has 1 aliphatic rings. The van der Waals surface area contributed by atoms with Crippen LogP contribution in [0.25, 0.3) is 11.1 Å². The van der Waals surface area contributed by atoms with Gasteiger partial charge in [-0.3, -0.25) is 4.79 Å². The number of methoxy groups -OCH3 is 2. The first kappa shape index (κ1) is 22.7. The number of thiophene rings is 1. The highest BCUT2D eigenvalue weighted by molar-refractivity contribution is 7.15. The van der Waals surface area contributed by atoms with E-state index in [0.29, 0.717) is 34.1 Å². The van der Waals surface area contributed by atoms with Gasteiger partial charge in [-0.1, -0.05) is 18.2 Å². The lowest BCUT2D eigenvalue weighted by atomic mass is 9.88. The minimum absolute atomic E-state index is 0.0145. The van der Waals surface area contributed by atoms with E-state index in [0.717, 1.165) is 10.4 Å². The van der Waals surface area contributed by atoms with Crippen molar-refractivity contribution in [3.05, 3.63) is 57.8 Å². The minimum Gasteiger partial charge on any atom is -0.497 e. The monoisotopic (exact) mass is 467 g/mol. The summed E-state index contributed by atoms with van der Waals surface area (Å²) in [5.41, 5.74) is 2.61. The van der Waals surface area contributed by atoms with Crippen molar-refractivity contribution >= 4 is 28.9 Å². The lowest BCUT2D eigenvalue weighted by Crippen LogP contribution is -2.22. The average Bonchev–Trinajstić information content (AvgIpc) is 3.18. The van der Waals surface area contributed by atoms with Crippen molar-refractivity contribution in [3.63, 3.8) is 0 Å². The van der Waals surface area contributed by atoms with Crippen molar-refractivity contribution in [2.45, 2.75) is 32.3 Å². The van der Waals surface area contributed by atoms with Crippen molar-refractivity contribution in [1.82, 2.24) is 0 Å². The van der Waals surface area contributed by atoms with Gasteiger partial charge in [0.25, 0.3) is 0 Å². The molecule has 0 fully saturated rings. The molecule has 0 aliphatic carbocycles. The second kappa shape index (κ2) is 9.15. The van der Waals surface area contributed by atoms with E-state index in [1.807, 2.05) is 32.0 Å². The molecule has 0 radical (unpaired) electrons. The molecule has 2 heterocycles. The third-order valence-electron chi connectivity index (χ3n) is 5.43. The van der Waals surface area contributed by atoms with Gasteiger partial charge in [0, 0.05) is 22.8 Å². The van der Waals surface area contributed by atoms with Gasteiger partial charge >= 0.3 is 5.97 Å². The zero-order valence-corrected chi connectivity index (χ0v) is 19.6. The number of carbonyl (C=O) groups excluding carboxylic acids is 1. The van der Waals surface area contributed by atoms with Crippen molar-refractivity contribution in [3.8, 4) is 28.4 Å². The fourth-order valence-corrected chi connectivity index (χ4v) is 5.24. The summed E-state index contributed by atoms with van der Waals surface area (Å²) in [6.45, 7) is 3.87. The highest BCUT2D eigenvalue weighted by Crippen LogP contribution is 2.50. The SMILES string of the molecule is COc1ccc(-c2c(C(=O)O)sc3c2NC(=O)CC3c2ccc(OC(C)C)c(OC)c2)cc1. The van der Waals surface area contributed by atoms with Crippen LogP contribution in [-0.4, -0.2) is 37.3 Å². The Balaban J connectivity index is 1.84. The largest absolute Gasteiger partial charge is 0.497 e. The lowest BCUT2D eigenvalue weighted by Gasteiger charge is -2.25. The molecule has 1 atom stereocenters. The van der Waals surface area contributed by atoms with E-state index in [9.17, 15) is 14.7 Å². The van der Waals surface area contributed by atoms with Gasteiger partial charge in [-0.25, -0.2) is 4.79 Å². The maximum Gasteiger partial charge on any atom is 0.346 e. The number of fused-ring (bicyclic) bond motifs is 1. The predicted octanol–water partition coefficient (Wildman–Crippen LogP) is 5.39. The molecule has 2 aromatic carbocycles. The standard InChI is InChI=1S/C25H25NO6S/c1-13(2)32-18-10-7-15(11-19(18)31-4)17-12-20(27)26-22-21(24(25(28)29)33-23(17)22)14-5-8-16(30-3)9-6-14/h5-11,13,17H,12H2,1-4H3,(H,26,27)(H,28,29). The molecule has 2 N–H and O–H groups in total. The Hall–Kier alpha value is -3.52. The maximum atomic E-state index is 12.7. The van der Waals surface area contributed by atoms with Crippen LogP contribution in [0.5, 0.6) is 17.2 Å². The van der Waals surface area contributed by atoms with Crippen LogP contribution in [0.15, 0.2) is 42.5 Å². The van der Waals surface area contributed by atoms with E-state index in [1.165, 1.54) is 11.3 Å². The topological polar surface area (TPSA) is 94.1 Å². The molecule has 1 aliphatic heterocycles. The van der Waals surface area contributed by atoms with Gasteiger partial charge in [0.2, 0.25) is 5.91 Å². The number of carboxylic acid groups (broad SMARTS) is 1. The molecule has 1 aromatic heterocycles. The van der Waals surface area contributed by atoms with E-state index < -0.39 is 5.97 Å². The maximum absolute atomic E-state index is 12.7. The quantitative estimate of drug-likeness (QED) is 0.484. The number of carboxylic acids is 1. The molecule has 0 saturated carbocycles. The summed E-state index contributed by atoms with van der Waals surface area (Å²) in [7, 11) is 3.14. The lowest BCUT2D eigenvalue weighted by molar-refractivity contribution is -0.116. The number of ether oxygens (including phenoxy) is 3. The fourth-order valence-electron chi connectivity index (χ4n) is 3.99. The van der Waals surface area contributed by atoms with Crippen LogP contribution in [0.1, 0.15) is 46.3 Å². The van der Waals surface area contributed by atoms with E-state index in [4.69, 9.17) is 14.2 Å². The zero-order chi connectivity index (χ0) is 23.7. The molecular weight excluding hydrogens is 442 g/mol. The van der Waals surface area contributed by atoms with Gasteiger partial charge < -0.3 is 24.6 Å². The first-order valence-electron chi connectivity index (χ1n) is 10.5. The first-order chi connectivity index (χ1) is 15.8. The van der Waals surface area contributed by atoms with Gasteiger partial charge in [-0.15, -0.1) is 11.3 Å². The summed E-state index contributed by atoms with van der Waals surface area (Å²) in [5.74, 6) is 0.348. The second-order valence-electron chi connectivity index (χ2n) is 7.96. The number of amides is 1. The zero-order valence-electron chi connectivity index (χ0n) is 18.8. The highest BCUT2D eigenvalue weighted by Gasteiger charge is 2.34. The fraction of sp³-hybridized carbons (Fsp3) is 0.280. The van der Waals surface area contributed by atoms with E-state index >= 15 is 0 Å². The van der Waals surface area contributed by atoms with Crippen molar-refractivity contribution in [2.75, 3.05) is 19.5 Å². The molecule has 7 nitrogen and oxygen atoms in total. The van der Waals surface area contributed by atoms with E-state index in [-0.39, 0.29) is 29.2 Å². The van der Waals surface area contributed by atoms with Crippen LogP contribution >= 0.6 is 11.3 Å². The van der Waals surface area contributed by atoms with E-state index in [1.54, 1.807) is 38.5 Å². The summed E-state index contributed by atoms with van der Waals surface area (Å²) < 4.78 is 16.6. The molecule has 8 heteroatoms. The third kappa shape index (κ3) is 4.39. The number of hydrogen-bond acceptors (Lipinski definition) is 6. The van der Waals surface area contributed by atoms with Crippen molar-refractivity contribution < 1.29 is 28.9 Å². The average molecular weight is 468 g/mol. The second-order valence-corrected chi connectivity index (χ2v) is 9.01. The third-order valence-corrected chi connectivity index (χ3v) is 6.72. The smallest absolute Gasteiger partial charge is 0.346 e. The van der Waals surface area contributed by atoms with Crippen LogP contribution in [0.4, 0.5) is 5.69 Å². The van der Waals surface area contributed by atoms with Gasteiger partial charge in [0.05, 0.1) is 26.0 Å². The van der Waals surface area contributed by atoms with E-state index in [2.05, 4.69) is 5.32 Å². The van der Waals surface area contributed by atoms with Crippen molar-refractivity contribution in [1.29, 1.82) is 0 Å². The Morgan fingerprint density at radius 1 is 1.09 bits per heavy atom. The van der Waals surface area contributed by atoms with Gasteiger partial charge in [0.15, 0.2) is 11.5 Å². The van der Waals surface area contributed by atoms with Crippen LogP contribution in [0.2, 0.25) is 0 Å². The Morgan fingerprint density at radius 3 is 2.42 bits per heavy atom. The Morgan fingerprint density at radius 2 is 1.82 bits per heavy atom. The minimum atomic E-state index is -1.04. The summed E-state index contributed by atoms with van der Waals surface area (Å²) in [5, 5.41) is 12.9. The molecule has 4 rings (SSSR count). The summed E-state index contributed by atoms with van der Waals surface area (Å²) >= 11 is 1.19. The number of hydrogen-bond donors (Lipinski definition) is 2. The van der Waals surface area contributed by atoms with Crippen LogP contribution in [0, 0.1) is 0 Å². The molecule has 1 unspecified atom stereocenters. The Bertz CT molecular complexity index is 1200. The summed E-state index contributed by atoms with van der Waals surface area (Å²) in [6.07, 6.45) is 0.196. The van der Waals surface area contributed by atoms with Crippen LogP contribution in [0.3, 0.4) is 0 Å². The molecule has 0 saturated heterocycles. The molecule has 33 heavy (non-hydrogen) atoms.